The number of rotatable bonds is 4. The minimum atomic E-state index is 0.113. The molecule has 1 amide bonds. The van der Waals surface area contributed by atoms with Gasteiger partial charge in [0.15, 0.2) is 0 Å². The Balaban J connectivity index is 2.08. The lowest BCUT2D eigenvalue weighted by Crippen LogP contribution is -2.28. The summed E-state index contributed by atoms with van der Waals surface area (Å²) >= 11 is 6.32. The molecular formula is C18H22ClN3O. The minimum absolute atomic E-state index is 0.113. The van der Waals surface area contributed by atoms with Crippen LogP contribution in [0, 0.1) is 6.92 Å². The molecule has 0 saturated carbocycles. The summed E-state index contributed by atoms with van der Waals surface area (Å²) in [5.74, 6) is 0.113. The van der Waals surface area contributed by atoms with E-state index in [2.05, 4.69) is 6.92 Å². The normalized spacial score (nSPS) is 14.5. The van der Waals surface area contributed by atoms with Crippen LogP contribution >= 0.6 is 11.6 Å². The molecular weight excluding hydrogens is 310 g/mol. The Bertz CT molecular complexity index is 717. The van der Waals surface area contributed by atoms with Gasteiger partial charge in [-0.15, -0.1) is 0 Å². The molecule has 0 spiro atoms. The molecule has 4 nitrogen and oxygen atoms in total. The lowest BCUT2D eigenvalue weighted by molar-refractivity contribution is 0.0791. The molecule has 0 atom stereocenters. The molecule has 0 radical (unpaired) electrons. The van der Waals surface area contributed by atoms with Crippen LogP contribution in [-0.2, 0) is 6.42 Å². The van der Waals surface area contributed by atoms with Crippen LogP contribution in [0.2, 0.25) is 5.02 Å². The number of hydrogen-bond acceptors (Lipinski definition) is 2. The van der Waals surface area contributed by atoms with E-state index in [1.165, 1.54) is 0 Å². The number of halogens is 1. The Morgan fingerprint density at radius 3 is 2.61 bits per heavy atom. The molecule has 1 aromatic heterocycles. The molecule has 0 bridgehead atoms. The molecule has 2 heterocycles. The number of aryl methyl sites for hydroxylation is 1. The number of benzene rings is 1. The Kier molecular flexibility index (Phi) is 4.71. The number of carbonyl (C=O) groups is 1. The second-order valence-corrected chi connectivity index (χ2v) is 6.43. The van der Waals surface area contributed by atoms with E-state index < -0.39 is 0 Å². The van der Waals surface area contributed by atoms with Crippen LogP contribution in [0.4, 0.5) is 0 Å². The summed E-state index contributed by atoms with van der Waals surface area (Å²) in [4.78, 5) is 14.9. The Hall–Kier alpha value is -1.81. The SMILES string of the molecule is CCCc1nn(-c2ccccc2Cl)c(C)c1C(=O)N1CCCC1. The molecule has 0 N–H and O–H groups in total. The maximum Gasteiger partial charge on any atom is 0.257 e. The third-order valence-electron chi connectivity index (χ3n) is 4.36. The minimum Gasteiger partial charge on any atom is -0.339 e. The van der Waals surface area contributed by atoms with Crippen molar-refractivity contribution in [2.45, 2.75) is 39.5 Å². The van der Waals surface area contributed by atoms with Crippen LogP contribution in [0.5, 0.6) is 0 Å². The van der Waals surface area contributed by atoms with Crippen LogP contribution in [-0.4, -0.2) is 33.7 Å². The summed E-state index contributed by atoms with van der Waals surface area (Å²) < 4.78 is 1.82. The highest BCUT2D eigenvalue weighted by Crippen LogP contribution is 2.26. The van der Waals surface area contributed by atoms with Gasteiger partial charge in [0.2, 0.25) is 0 Å². The molecule has 1 aliphatic heterocycles. The molecule has 1 saturated heterocycles. The molecule has 2 aromatic rings. The molecule has 1 fully saturated rings. The van der Waals surface area contributed by atoms with Gasteiger partial charge >= 0.3 is 0 Å². The van der Waals surface area contributed by atoms with Crippen LogP contribution in [0.3, 0.4) is 0 Å². The number of nitrogens with zero attached hydrogens (tertiary/aromatic N) is 3. The molecule has 3 rings (SSSR count). The van der Waals surface area contributed by atoms with Gasteiger partial charge in [0.05, 0.1) is 27.7 Å². The fraction of sp³-hybridized carbons (Fsp3) is 0.444. The van der Waals surface area contributed by atoms with Gasteiger partial charge in [-0.3, -0.25) is 4.79 Å². The Morgan fingerprint density at radius 2 is 1.96 bits per heavy atom. The van der Waals surface area contributed by atoms with Crippen LogP contribution in [0.1, 0.15) is 47.9 Å². The average molecular weight is 332 g/mol. The number of aromatic nitrogens is 2. The fourth-order valence-corrected chi connectivity index (χ4v) is 3.40. The van der Waals surface area contributed by atoms with Gasteiger partial charge in [-0.05, 0) is 38.3 Å². The number of likely N-dealkylation sites (tertiary alicyclic amines) is 1. The second-order valence-electron chi connectivity index (χ2n) is 6.02. The smallest absolute Gasteiger partial charge is 0.257 e. The van der Waals surface area contributed by atoms with Gasteiger partial charge in [0.1, 0.15) is 0 Å². The number of para-hydroxylation sites is 1. The fourth-order valence-electron chi connectivity index (χ4n) is 3.19. The summed E-state index contributed by atoms with van der Waals surface area (Å²) in [5.41, 5.74) is 3.33. The second kappa shape index (κ2) is 6.75. The molecule has 5 heteroatoms. The van der Waals surface area contributed by atoms with E-state index in [0.29, 0.717) is 5.02 Å². The zero-order valence-corrected chi connectivity index (χ0v) is 14.4. The first kappa shape index (κ1) is 16.1. The molecule has 1 aliphatic rings. The standard InChI is InChI=1S/C18H22ClN3O/c1-3-8-15-17(18(23)21-11-6-7-12-21)13(2)22(20-15)16-10-5-4-9-14(16)19/h4-5,9-10H,3,6-8,11-12H2,1-2H3. The summed E-state index contributed by atoms with van der Waals surface area (Å²) in [6.07, 6.45) is 3.94. The predicted molar refractivity (Wildman–Crippen MR) is 92.4 cm³/mol. The zero-order chi connectivity index (χ0) is 16.4. The molecule has 0 aliphatic carbocycles. The maximum absolute atomic E-state index is 12.9. The van der Waals surface area contributed by atoms with Crippen molar-refractivity contribution in [2.75, 3.05) is 13.1 Å². The number of hydrogen-bond donors (Lipinski definition) is 0. The third kappa shape index (κ3) is 3.00. The summed E-state index contributed by atoms with van der Waals surface area (Å²) in [7, 11) is 0. The molecule has 1 aromatic carbocycles. The maximum atomic E-state index is 12.9. The number of amides is 1. The van der Waals surface area contributed by atoms with Crippen molar-refractivity contribution < 1.29 is 4.79 Å². The van der Waals surface area contributed by atoms with Gasteiger partial charge in [-0.1, -0.05) is 37.1 Å². The van der Waals surface area contributed by atoms with Crippen LogP contribution < -0.4 is 0 Å². The molecule has 122 valence electrons. The monoisotopic (exact) mass is 331 g/mol. The van der Waals surface area contributed by atoms with Gasteiger partial charge in [-0.2, -0.15) is 5.10 Å². The van der Waals surface area contributed by atoms with Crippen molar-refractivity contribution >= 4 is 17.5 Å². The van der Waals surface area contributed by atoms with E-state index >= 15 is 0 Å². The zero-order valence-electron chi connectivity index (χ0n) is 13.7. The van der Waals surface area contributed by atoms with E-state index in [9.17, 15) is 4.79 Å². The van der Waals surface area contributed by atoms with E-state index in [4.69, 9.17) is 16.7 Å². The summed E-state index contributed by atoms with van der Waals surface area (Å²) in [5, 5.41) is 5.35. The Labute approximate surface area is 142 Å². The third-order valence-corrected chi connectivity index (χ3v) is 4.68. The van der Waals surface area contributed by atoms with Crippen molar-refractivity contribution in [3.63, 3.8) is 0 Å². The van der Waals surface area contributed by atoms with Gasteiger partial charge < -0.3 is 4.90 Å². The van der Waals surface area contributed by atoms with E-state index in [1.54, 1.807) is 0 Å². The highest BCUT2D eigenvalue weighted by molar-refractivity contribution is 6.32. The Morgan fingerprint density at radius 1 is 1.26 bits per heavy atom. The van der Waals surface area contributed by atoms with Crippen molar-refractivity contribution in [1.29, 1.82) is 0 Å². The quantitative estimate of drug-likeness (QED) is 0.848. The topological polar surface area (TPSA) is 38.1 Å². The lowest BCUT2D eigenvalue weighted by atomic mass is 10.1. The van der Waals surface area contributed by atoms with Gasteiger partial charge in [-0.25, -0.2) is 4.68 Å². The highest BCUT2D eigenvalue weighted by Gasteiger charge is 2.27. The van der Waals surface area contributed by atoms with Crippen molar-refractivity contribution in [1.82, 2.24) is 14.7 Å². The first-order valence-corrected chi connectivity index (χ1v) is 8.64. The highest BCUT2D eigenvalue weighted by atomic mass is 35.5. The van der Waals surface area contributed by atoms with Crippen molar-refractivity contribution in [3.8, 4) is 5.69 Å². The van der Waals surface area contributed by atoms with Gasteiger partial charge in [0.25, 0.3) is 5.91 Å². The molecule has 0 unspecified atom stereocenters. The van der Waals surface area contributed by atoms with Crippen LogP contribution in [0.15, 0.2) is 24.3 Å². The number of carbonyl (C=O) groups excluding carboxylic acids is 1. The first-order valence-electron chi connectivity index (χ1n) is 8.26. The van der Waals surface area contributed by atoms with E-state index in [0.717, 1.165) is 61.4 Å². The lowest BCUT2D eigenvalue weighted by Gasteiger charge is -2.16. The first-order chi connectivity index (χ1) is 11.1. The van der Waals surface area contributed by atoms with Crippen molar-refractivity contribution in [3.05, 3.63) is 46.2 Å². The van der Waals surface area contributed by atoms with Crippen molar-refractivity contribution in [2.24, 2.45) is 0 Å². The van der Waals surface area contributed by atoms with Gasteiger partial charge in [0, 0.05) is 13.1 Å². The molecule has 23 heavy (non-hydrogen) atoms. The average Bonchev–Trinajstić information content (AvgIpc) is 3.17. The van der Waals surface area contributed by atoms with Crippen LogP contribution in [0.25, 0.3) is 5.69 Å². The summed E-state index contributed by atoms with van der Waals surface area (Å²) in [6.45, 7) is 5.76. The largest absolute Gasteiger partial charge is 0.339 e. The van der Waals surface area contributed by atoms with E-state index in [-0.39, 0.29) is 5.91 Å². The van der Waals surface area contributed by atoms with E-state index in [1.807, 2.05) is 40.8 Å². The summed E-state index contributed by atoms with van der Waals surface area (Å²) in [6, 6.07) is 7.61. The predicted octanol–water partition coefficient (Wildman–Crippen LogP) is 4.02.